The normalized spacial score (nSPS) is 12.6. The van der Waals surface area contributed by atoms with Gasteiger partial charge in [0.05, 0.1) is 31.1 Å². The van der Waals surface area contributed by atoms with Crippen molar-refractivity contribution in [1.29, 1.82) is 0 Å². The predicted octanol–water partition coefficient (Wildman–Crippen LogP) is 1.14. The number of carbonyl (C=O) groups is 4. The van der Waals surface area contributed by atoms with Gasteiger partial charge in [-0.3, -0.25) is 14.4 Å². The lowest BCUT2D eigenvalue weighted by Crippen LogP contribution is -2.50. The van der Waals surface area contributed by atoms with Crippen molar-refractivity contribution in [2.45, 2.75) is 26.3 Å². The summed E-state index contributed by atoms with van der Waals surface area (Å²) in [6.45, 7) is 3.04. The number of benzene rings is 1. The second-order valence-electron chi connectivity index (χ2n) is 5.14. The van der Waals surface area contributed by atoms with Crippen LogP contribution in [-0.4, -0.2) is 48.2 Å². The van der Waals surface area contributed by atoms with Crippen LogP contribution in [0, 0.1) is 11.7 Å². The van der Waals surface area contributed by atoms with Gasteiger partial charge in [0.25, 0.3) is 5.91 Å². The average Bonchev–Trinajstić information content (AvgIpc) is 2.58. The minimum atomic E-state index is -1.80. The summed E-state index contributed by atoms with van der Waals surface area (Å²) in [7, 11) is 0. The highest BCUT2D eigenvalue weighted by molar-refractivity contribution is 5.98. The summed E-state index contributed by atoms with van der Waals surface area (Å²) < 4.78 is 23.2. The molecule has 0 unspecified atom stereocenters. The lowest BCUT2D eigenvalue weighted by molar-refractivity contribution is -0.159. The molecule has 8 nitrogen and oxygen atoms in total. The van der Waals surface area contributed by atoms with Crippen LogP contribution in [0.3, 0.4) is 0 Å². The van der Waals surface area contributed by atoms with Gasteiger partial charge in [-0.1, -0.05) is 12.1 Å². The minimum absolute atomic E-state index is 0.0354. The van der Waals surface area contributed by atoms with Crippen LogP contribution >= 0.6 is 0 Å². The maximum atomic E-state index is 13.7. The van der Waals surface area contributed by atoms with E-state index in [2.05, 4.69) is 5.32 Å². The summed E-state index contributed by atoms with van der Waals surface area (Å²) >= 11 is 0. The van der Waals surface area contributed by atoms with E-state index in [9.17, 15) is 28.7 Å². The molecule has 0 aromatic heterocycles. The smallest absolute Gasteiger partial charge is 0.327 e. The SMILES string of the molecule is CCOC(=O)C[C@H](C(=O)OCC)[C@@H](NC(=O)c1ccccc1F)C(=O)O. The minimum Gasteiger partial charge on any atom is -0.480 e. The number of halogens is 1. The molecular formula is C17H20FNO7. The Hall–Kier alpha value is -2.97. The fourth-order valence-corrected chi connectivity index (χ4v) is 2.18. The van der Waals surface area contributed by atoms with Gasteiger partial charge in [-0.15, -0.1) is 0 Å². The molecule has 1 rings (SSSR count). The van der Waals surface area contributed by atoms with E-state index in [1.54, 1.807) is 6.92 Å². The van der Waals surface area contributed by atoms with Gasteiger partial charge in [0.2, 0.25) is 0 Å². The van der Waals surface area contributed by atoms with Crippen LogP contribution in [-0.2, 0) is 23.9 Å². The van der Waals surface area contributed by atoms with Crippen molar-refractivity contribution < 1.29 is 38.1 Å². The number of ether oxygens (including phenoxy) is 2. The summed E-state index contributed by atoms with van der Waals surface area (Å²) in [5, 5.41) is 11.5. The summed E-state index contributed by atoms with van der Waals surface area (Å²) in [6, 6.07) is 3.16. The Bertz CT molecular complexity index is 677. The van der Waals surface area contributed by atoms with Crippen LogP contribution in [0.1, 0.15) is 30.6 Å². The first-order chi connectivity index (χ1) is 12.3. The van der Waals surface area contributed by atoms with Crippen molar-refractivity contribution in [3.63, 3.8) is 0 Å². The number of hydrogen-bond acceptors (Lipinski definition) is 6. The lowest BCUT2D eigenvalue weighted by atomic mass is 9.95. The quantitative estimate of drug-likeness (QED) is 0.627. The largest absolute Gasteiger partial charge is 0.480 e. The Balaban J connectivity index is 3.08. The molecule has 0 saturated heterocycles. The Morgan fingerprint density at radius 1 is 1.12 bits per heavy atom. The third-order valence-electron chi connectivity index (χ3n) is 3.35. The van der Waals surface area contributed by atoms with Gasteiger partial charge in [0.15, 0.2) is 0 Å². The van der Waals surface area contributed by atoms with E-state index in [1.807, 2.05) is 0 Å². The third kappa shape index (κ3) is 5.83. The van der Waals surface area contributed by atoms with Crippen molar-refractivity contribution >= 4 is 23.8 Å². The van der Waals surface area contributed by atoms with E-state index in [0.29, 0.717) is 0 Å². The standard InChI is InChI=1S/C17H20FNO7/c1-3-25-13(20)9-11(17(24)26-4-2)14(16(22)23)19-15(21)10-7-5-6-8-12(10)18/h5-8,11,14H,3-4,9H2,1-2H3,(H,19,21)(H,22,23)/t11-,14+/m0/s1. The summed E-state index contributed by atoms with van der Waals surface area (Å²) in [5.74, 6) is -6.79. The fraction of sp³-hybridized carbons (Fsp3) is 0.412. The Labute approximate surface area is 149 Å². The predicted molar refractivity (Wildman–Crippen MR) is 86.7 cm³/mol. The highest BCUT2D eigenvalue weighted by Gasteiger charge is 2.38. The molecule has 0 aliphatic carbocycles. The molecule has 1 aromatic carbocycles. The molecule has 0 spiro atoms. The number of nitrogens with one attached hydrogen (secondary N) is 1. The molecule has 1 aromatic rings. The third-order valence-corrected chi connectivity index (χ3v) is 3.35. The number of carboxylic acid groups (broad SMARTS) is 1. The van der Waals surface area contributed by atoms with Crippen LogP contribution in [0.25, 0.3) is 0 Å². The molecule has 0 radical (unpaired) electrons. The fourth-order valence-electron chi connectivity index (χ4n) is 2.18. The van der Waals surface area contributed by atoms with E-state index in [4.69, 9.17) is 9.47 Å². The van der Waals surface area contributed by atoms with Gasteiger partial charge >= 0.3 is 17.9 Å². The van der Waals surface area contributed by atoms with Crippen molar-refractivity contribution in [2.24, 2.45) is 5.92 Å². The van der Waals surface area contributed by atoms with E-state index in [-0.39, 0.29) is 13.2 Å². The van der Waals surface area contributed by atoms with Gasteiger partial charge in [-0.05, 0) is 26.0 Å². The Morgan fingerprint density at radius 2 is 1.73 bits per heavy atom. The highest BCUT2D eigenvalue weighted by Crippen LogP contribution is 2.16. The summed E-state index contributed by atoms with van der Waals surface area (Å²) in [6.07, 6.45) is -0.610. The van der Waals surface area contributed by atoms with Gasteiger partial charge in [0.1, 0.15) is 11.9 Å². The molecule has 0 aliphatic heterocycles. The second kappa shape index (κ2) is 10.1. The topological polar surface area (TPSA) is 119 Å². The zero-order chi connectivity index (χ0) is 19.7. The number of esters is 2. The van der Waals surface area contributed by atoms with Crippen molar-refractivity contribution in [3.8, 4) is 0 Å². The van der Waals surface area contributed by atoms with Crippen molar-refractivity contribution in [2.75, 3.05) is 13.2 Å². The molecule has 0 aliphatic rings. The van der Waals surface area contributed by atoms with Crippen LogP contribution < -0.4 is 5.32 Å². The number of rotatable bonds is 9. The Morgan fingerprint density at radius 3 is 2.27 bits per heavy atom. The molecule has 0 saturated carbocycles. The second-order valence-corrected chi connectivity index (χ2v) is 5.14. The van der Waals surface area contributed by atoms with E-state index >= 15 is 0 Å². The van der Waals surface area contributed by atoms with Crippen LogP contribution in [0.5, 0.6) is 0 Å². The first-order valence-electron chi connectivity index (χ1n) is 7.92. The first-order valence-corrected chi connectivity index (χ1v) is 7.92. The molecule has 9 heteroatoms. The molecule has 2 N–H and O–H groups in total. The van der Waals surface area contributed by atoms with Gasteiger partial charge in [-0.25, -0.2) is 9.18 Å². The van der Waals surface area contributed by atoms with Crippen molar-refractivity contribution in [1.82, 2.24) is 5.32 Å². The molecule has 0 fully saturated rings. The monoisotopic (exact) mass is 369 g/mol. The highest BCUT2D eigenvalue weighted by atomic mass is 19.1. The van der Waals surface area contributed by atoms with Crippen LogP contribution in [0.2, 0.25) is 0 Å². The number of carboxylic acids is 1. The summed E-state index contributed by atoms with van der Waals surface area (Å²) in [5.41, 5.74) is -0.391. The number of carbonyl (C=O) groups excluding carboxylic acids is 3. The number of aliphatic carboxylic acids is 1. The zero-order valence-electron chi connectivity index (χ0n) is 14.4. The maximum Gasteiger partial charge on any atom is 0.327 e. The van der Waals surface area contributed by atoms with Gasteiger partial charge < -0.3 is 19.9 Å². The van der Waals surface area contributed by atoms with Crippen LogP contribution in [0.4, 0.5) is 4.39 Å². The molecule has 2 atom stereocenters. The van der Waals surface area contributed by atoms with E-state index in [1.165, 1.54) is 19.1 Å². The zero-order valence-corrected chi connectivity index (χ0v) is 14.4. The average molecular weight is 369 g/mol. The van der Waals surface area contributed by atoms with Crippen molar-refractivity contribution in [3.05, 3.63) is 35.6 Å². The van der Waals surface area contributed by atoms with Crippen LogP contribution in [0.15, 0.2) is 24.3 Å². The van der Waals surface area contributed by atoms with E-state index in [0.717, 1.165) is 12.1 Å². The Kier molecular flexibility index (Phi) is 8.20. The van der Waals surface area contributed by atoms with Gasteiger partial charge in [0, 0.05) is 0 Å². The van der Waals surface area contributed by atoms with Gasteiger partial charge in [-0.2, -0.15) is 0 Å². The van der Waals surface area contributed by atoms with E-state index < -0.39 is 53.6 Å². The number of amides is 1. The molecule has 0 bridgehead atoms. The number of hydrogen-bond donors (Lipinski definition) is 2. The lowest BCUT2D eigenvalue weighted by Gasteiger charge is -2.22. The molecule has 1 amide bonds. The summed E-state index contributed by atoms with van der Waals surface area (Å²) in [4.78, 5) is 47.6. The molecular weight excluding hydrogens is 349 g/mol. The first kappa shape index (κ1) is 21.1. The molecule has 26 heavy (non-hydrogen) atoms. The molecule has 0 heterocycles. The molecule has 142 valence electrons. The maximum absolute atomic E-state index is 13.7.